The monoisotopic (exact) mass is 238 g/mol. The van der Waals surface area contributed by atoms with E-state index in [1.54, 1.807) is 0 Å². The number of halogens is 1. The molecule has 3 nitrogen and oxygen atoms in total. The van der Waals surface area contributed by atoms with Crippen molar-refractivity contribution in [3.63, 3.8) is 0 Å². The maximum atomic E-state index is 10.5. The van der Waals surface area contributed by atoms with Crippen LogP contribution in [0.15, 0.2) is 0 Å². The number of carboxylic acid groups (broad SMARTS) is 1. The van der Waals surface area contributed by atoms with Crippen LogP contribution in [0.3, 0.4) is 0 Å². The van der Waals surface area contributed by atoms with Gasteiger partial charge in [-0.1, -0.05) is 22.9 Å². The van der Waals surface area contributed by atoms with Crippen LogP contribution >= 0.6 is 15.9 Å². The molecular formula is C8H15BrO3. The summed E-state index contributed by atoms with van der Waals surface area (Å²) in [5.74, 6) is -0.864. The van der Waals surface area contributed by atoms with Crippen LogP contribution < -0.4 is 0 Å². The van der Waals surface area contributed by atoms with Crippen molar-refractivity contribution >= 4 is 21.9 Å². The summed E-state index contributed by atoms with van der Waals surface area (Å²) in [6.07, 6.45) is 1.84. The highest BCUT2D eigenvalue weighted by molar-refractivity contribution is 9.09. The minimum absolute atomic E-state index is 0.531. The van der Waals surface area contributed by atoms with Crippen molar-refractivity contribution in [2.24, 2.45) is 0 Å². The molecule has 0 aliphatic carbocycles. The Hall–Kier alpha value is -0.0900. The number of hydrogen-bond acceptors (Lipinski definition) is 2. The fourth-order valence-corrected chi connectivity index (χ4v) is 1.18. The highest BCUT2D eigenvalue weighted by atomic mass is 79.9. The minimum atomic E-state index is -0.864. The lowest BCUT2D eigenvalue weighted by atomic mass is 10.3. The first-order chi connectivity index (χ1) is 5.72. The number of unbranched alkanes of at least 4 members (excludes halogenated alkanes) is 1. The molecule has 0 saturated heterocycles. The molecule has 0 aliphatic rings. The molecule has 0 rings (SSSR count). The summed E-state index contributed by atoms with van der Waals surface area (Å²) in [5, 5.41) is 9.54. The van der Waals surface area contributed by atoms with Crippen molar-refractivity contribution in [1.82, 2.24) is 0 Å². The fraction of sp³-hybridized carbons (Fsp3) is 0.875. The second kappa shape index (κ2) is 7.55. The third-order valence-electron chi connectivity index (χ3n) is 1.49. The molecule has 0 radical (unpaired) electrons. The largest absolute Gasteiger partial charge is 0.479 e. The van der Waals surface area contributed by atoms with Gasteiger partial charge < -0.3 is 9.84 Å². The van der Waals surface area contributed by atoms with E-state index in [4.69, 9.17) is 9.84 Å². The Morgan fingerprint density at radius 3 is 2.67 bits per heavy atom. The predicted octanol–water partition coefficient (Wildman–Crippen LogP) is 2.04. The highest BCUT2D eigenvalue weighted by Crippen LogP contribution is 2.01. The molecule has 0 spiro atoms. The van der Waals surface area contributed by atoms with Gasteiger partial charge in [-0.05, 0) is 19.3 Å². The van der Waals surface area contributed by atoms with Crippen molar-refractivity contribution in [3.8, 4) is 0 Å². The molecule has 0 fully saturated rings. The average molecular weight is 239 g/mol. The van der Waals surface area contributed by atoms with E-state index in [0.29, 0.717) is 13.0 Å². The fourth-order valence-electron chi connectivity index (χ4n) is 0.786. The number of alkyl halides is 1. The molecule has 0 aliphatic heterocycles. The van der Waals surface area contributed by atoms with Crippen molar-refractivity contribution < 1.29 is 14.6 Å². The Morgan fingerprint density at radius 1 is 1.58 bits per heavy atom. The summed E-state index contributed by atoms with van der Waals surface area (Å²) in [4.78, 5) is 10.5. The van der Waals surface area contributed by atoms with Gasteiger partial charge in [0.25, 0.3) is 0 Å². The standard InChI is InChI=1S/C8H15BrO3/c1-2-7(8(10)11)12-6-4-3-5-9/h7H,2-6H2,1H3,(H,10,11). The molecule has 0 saturated carbocycles. The van der Waals surface area contributed by atoms with Crippen LogP contribution in [0.1, 0.15) is 26.2 Å². The van der Waals surface area contributed by atoms with E-state index in [2.05, 4.69) is 15.9 Å². The van der Waals surface area contributed by atoms with Crippen LogP contribution in [0.4, 0.5) is 0 Å². The zero-order valence-corrected chi connectivity index (χ0v) is 8.84. The van der Waals surface area contributed by atoms with E-state index in [1.165, 1.54) is 0 Å². The van der Waals surface area contributed by atoms with E-state index in [0.717, 1.165) is 18.2 Å². The van der Waals surface area contributed by atoms with E-state index < -0.39 is 12.1 Å². The number of rotatable bonds is 7. The van der Waals surface area contributed by atoms with Gasteiger partial charge >= 0.3 is 5.97 Å². The van der Waals surface area contributed by atoms with Crippen molar-refractivity contribution in [2.45, 2.75) is 32.3 Å². The molecule has 0 heterocycles. The molecule has 1 N–H and O–H groups in total. The summed E-state index contributed by atoms with van der Waals surface area (Å²) >= 11 is 3.29. The van der Waals surface area contributed by atoms with Crippen LogP contribution in [0.25, 0.3) is 0 Å². The zero-order valence-electron chi connectivity index (χ0n) is 7.25. The van der Waals surface area contributed by atoms with Crippen LogP contribution in [0, 0.1) is 0 Å². The second-order valence-electron chi connectivity index (χ2n) is 2.50. The third-order valence-corrected chi connectivity index (χ3v) is 2.05. The average Bonchev–Trinajstić information content (AvgIpc) is 2.04. The molecule has 12 heavy (non-hydrogen) atoms. The van der Waals surface area contributed by atoms with Crippen LogP contribution in [-0.2, 0) is 9.53 Å². The molecule has 4 heteroatoms. The van der Waals surface area contributed by atoms with Crippen LogP contribution in [0.5, 0.6) is 0 Å². The quantitative estimate of drug-likeness (QED) is 0.546. The van der Waals surface area contributed by atoms with Gasteiger partial charge in [0.2, 0.25) is 0 Å². The number of aliphatic carboxylic acids is 1. The highest BCUT2D eigenvalue weighted by Gasteiger charge is 2.14. The predicted molar refractivity (Wildman–Crippen MR) is 50.7 cm³/mol. The molecule has 0 bridgehead atoms. The molecule has 1 unspecified atom stereocenters. The Morgan fingerprint density at radius 2 is 2.25 bits per heavy atom. The zero-order chi connectivity index (χ0) is 9.40. The van der Waals surface area contributed by atoms with E-state index in [9.17, 15) is 4.79 Å². The maximum absolute atomic E-state index is 10.5. The summed E-state index contributed by atoms with van der Waals surface area (Å²) in [6.45, 7) is 2.35. The van der Waals surface area contributed by atoms with Crippen LogP contribution in [0.2, 0.25) is 0 Å². The van der Waals surface area contributed by atoms with E-state index >= 15 is 0 Å². The maximum Gasteiger partial charge on any atom is 0.332 e. The Kier molecular flexibility index (Phi) is 7.50. The topological polar surface area (TPSA) is 46.5 Å². The molecule has 1 atom stereocenters. The van der Waals surface area contributed by atoms with Gasteiger partial charge in [0, 0.05) is 11.9 Å². The summed E-state index contributed by atoms with van der Waals surface area (Å²) in [6, 6.07) is 0. The van der Waals surface area contributed by atoms with Crippen molar-refractivity contribution in [1.29, 1.82) is 0 Å². The Bertz CT molecular complexity index is 127. The lowest BCUT2D eigenvalue weighted by Crippen LogP contribution is -2.23. The first-order valence-electron chi connectivity index (χ1n) is 4.12. The smallest absolute Gasteiger partial charge is 0.332 e. The number of hydrogen-bond donors (Lipinski definition) is 1. The van der Waals surface area contributed by atoms with Crippen molar-refractivity contribution in [2.75, 3.05) is 11.9 Å². The van der Waals surface area contributed by atoms with Crippen molar-refractivity contribution in [3.05, 3.63) is 0 Å². The van der Waals surface area contributed by atoms with E-state index in [-0.39, 0.29) is 0 Å². The molecule has 0 aromatic rings. The van der Waals surface area contributed by atoms with E-state index in [1.807, 2.05) is 6.92 Å². The normalized spacial score (nSPS) is 12.8. The minimum Gasteiger partial charge on any atom is -0.479 e. The number of ether oxygens (including phenoxy) is 1. The Balaban J connectivity index is 3.38. The lowest BCUT2D eigenvalue weighted by Gasteiger charge is -2.10. The molecule has 0 amide bonds. The van der Waals surface area contributed by atoms with Gasteiger partial charge in [0.1, 0.15) is 0 Å². The van der Waals surface area contributed by atoms with Gasteiger partial charge in [-0.2, -0.15) is 0 Å². The second-order valence-corrected chi connectivity index (χ2v) is 3.30. The number of carboxylic acids is 1. The van der Waals surface area contributed by atoms with Gasteiger partial charge in [-0.25, -0.2) is 4.79 Å². The lowest BCUT2D eigenvalue weighted by molar-refractivity contribution is -0.150. The SMILES string of the molecule is CCC(OCCCCBr)C(=O)O. The summed E-state index contributed by atoms with van der Waals surface area (Å²) < 4.78 is 5.13. The molecule has 0 aromatic heterocycles. The van der Waals surface area contributed by atoms with Gasteiger partial charge in [-0.15, -0.1) is 0 Å². The summed E-state index contributed by atoms with van der Waals surface area (Å²) in [5.41, 5.74) is 0. The van der Waals surface area contributed by atoms with Gasteiger partial charge in [0.05, 0.1) is 0 Å². The molecule has 72 valence electrons. The first kappa shape index (κ1) is 11.9. The third kappa shape index (κ3) is 5.55. The summed E-state index contributed by atoms with van der Waals surface area (Å²) in [7, 11) is 0. The molecular weight excluding hydrogens is 224 g/mol. The molecule has 0 aromatic carbocycles. The number of carbonyl (C=O) groups is 1. The Labute approximate surface area is 81.2 Å². The van der Waals surface area contributed by atoms with Crippen LogP contribution in [-0.4, -0.2) is 29.1 Å². The van der Waals surface area contributed by atoms with Gasteiger partial charge in [0.15, 0.2) is 6.10 Å². The van der Waals surface area contributed by atoms with Gasteiger partial charge in [-0.3, -0.25) is 0 Å². The first-order valence-corrected chi connectivity index (χ1v) is 5.24.